The van der Waals surface area contributed by atoms with E-state index in [0.29, 0.717) is 18.4 Å². The SMILES string of the molecule is NCCCC(=O)NCC1(Cc2ccccc2)CCC1. The summed E-state index contributed by atoms with van der Waals surface area (Å²) in [6.45, 7) is 1.40. The zero-order valence-corrected chi connectivity index (χ0v) is 11.5. The van der Waals surface area contributed by atoms with Crippen LogP contribution >= 0.6 is 0 Å². The molecule has 0 radical (unpaired) electrons. The summed E-state index contributed by atoms with van der Waals surface area (Å²) in [6.07, 6.45) is 6.13. The fourth-order valence-corrected chi connectivity index (χ4v) is 2.76. The van der Waals surface area contributed by atoms with Crippen molar-refractivity contribution in [1.29, 1.82) is 0 Å². The molecule has 1 saturated carbocycles. The third kappa shape index (κ3) is 4.06. The summed E-state index contributed by atoms with van der Waals surface area (Å²) in [7, 11) is 0. The van der Waals surface area contributed by atoms with Crippen LogP contribution in [0.5, 0.6) is 0 Å². The molecule has 0 spiro atoms. The van der Waals surface area contributed by atoms with E-state index in [2.05, 4.69) is 29.6 Å². The minimum absolute atomic E-state index is 0.143. The molecule has 1 aromatic rings. The zero-order chi connectivity index (χ0) is 13.6. The van der Waals surface area contributed by atoms with E-state index in [1.807, 2.05) is 6.07 Å². The molecule has 3 N–H and O–H groups in total. The maximum absolute atomic E-state index is 11.7. The van der Waals surface area contributed by atoms with Gasteiger partial charge in [-0.25, -0.2) is 0 Å². The van der Waals surface area contributed by atoms with Gasteiger partial charge in [0, 0.05) is 13.0 Å². The number of nitrogens with two attached hydrogens (primary N) is 1. The molecular formula is C16H24N2O. The molecule has 0 heterocycles. The number of hydrogen-bond acceptors (Lipinski definition) is 2. The van der Waals surface area contributed by atoms with Gasteiger partial charge in [-0.1, -0.05) is 36.8 Å². The fourth-order valence-electron chi connectivity index (χ4n) is 2.76. The third-order valence-electron chi connectivity index (χ3n) is 4.10. The van der Waals surface area contributed by atoms with Gasteiger partial charge in [-0.15, -0.1) is 0 Å². The lowest BCUT2D eigenvalue weighted by Gasteiger charge is -2.42. The summed E-state index contributed by atoms with van der Waals surface area (Å²) in [6, 6.07) is 10.6. The van der Waals surface area contributed by atoms with Gasteiger partial charge in [0.15, 0.2) is 0 Å². The number of amides is 1. The van der Waals surface area contributed by atoms with Crippen molar-refractivity contribution in [2.24, 2.45) is 11.1 Å². The molecule has 3 heteroatoms. The number of benzene rings is 1. The molecule has 0 saturated heterocycles. The lowest BCUT2D eigenvalue weighted by Crippen LogP contribution is -2.43. The number of hydrogen-bond donors (Lipinski definition) is 2. The Morgan fingerprint density at radius 3 is 2.58 bits per heavy atom. The second-order valence-corrected chi connectivity index (χ2v) is 5.68. The summed E-state index contributed by atoms with van der Waals surface area (Å²) >= 11 is 0. The Morgan fingerprint density at radius 1 is 1.26 bits per heavy atom. The van der Waals surface area contributed by atoms with Crippen LogP contribution in [-0.2, 0) is 11.2 Å². The van der Waals surface area contributed by atoms with Gasteiger partial charge in [0.05, 0.1) is 0 Å². The van der Waals surface area contributed by atoms with Crippen molar-refractivity contribution < 1.29 is 4.79 Å². The molecule has 0 unspecified atom stereocenters. The van der Waals surface area contributed by atoms with E-state index in [1.54, 1.807) is 0 Å². The normalized spacial score (nSPS) is 16.7. The van der Waals surface area contributed by atoms with Crippen LogP contribution in [0.1, 0.15) is 37.7 Å². The van der Waals surface area contributed by atoms with Crippen LogP contribution in [0.3, 0.4) is 0 Å². The van der Waals surface area contributed by atoms with Gasteiger partial charge in [0.25, 0.3) is 0 Å². The Balaban J connectivity index is 1.83. The Bertz CT molecular complexity index is 398. The Hall–Kier alpha value is -1.35. The molecule has 1 fully saturated rings. The molecule has 0 aromatic heterocycles. The number of rotatable bonds is 7. The van der Waals surface area contributed by atoms with Crippen LogP contribution in [0.25, 0.3) is 0 Å². The van der Waals surface area contributed by atoms with E-state index in [4.69, 9.17) is 5.73 Å². The Labute approximate surface area is 115 Å². The fraction of sp³-hybridized carbons (Fsp3) is 0.562. The monoisotopic (exact) mass is 260 g/mol. The van der Waals surface area contributed by atoms with Gasteiger partial charge in [0.2, 0.25) is 5.91 Å². The number of carbonyl (C=O) groups is 1. The average Bonchev–Trinajstić information content (AvgIpc) is 2.40. The largest absolute Gasteiger partial charge is 0.356 e. The quantitative estimate of drug-likeness (QED) is 0.790. The highest BCUT2D eigenvalue weighted by atomic mass is 16.1. The van der Waals surface area contributed by atoms with Crippen molar-refractivity contribution in [3.05, 3.63) is 35.9 Å². The van der Waals surface area contributed by atoms with Crippen LogP contribution in [0, 0.1) is 5.41 Å². The van der Waals surface area contributed by atoms with Gasteiger partial charge in [0.1, 0.15) is 0 Å². The molecular weight excluding hydrogens is 236 g/mol. The first-order valence-corrected chi connectivity index (χ1v) is 7.25. The van der Waals surface area contributed by atoms with Crippen molar-refractivity contribution in [3.63, 3.8) is 0 Å². The standard InChI is InChI=1S/C16H24N2O/c17-11-4-8-15(19)18-13-16(9-5-10-16)12-14-6-2-1-3-7-14/h1-3,6-7H,4-5,8-13,17H2,(H,18,19). The summed E-state index contributed by atoms with van der Waals surface area (Å²) < 4.78 is 0. The second-order valence-electron chi connectivity index (χ2n) is 5.68. The third-order valence-corrected chi connectivity index (χ3v) is 4.10. The average molecular weight is 260 g/mol. The van der Waals surface area contributed by atoms with Crippen molar-refractivity contribution in [1.82, 2.24) is 5.32 Å². The molecule has 1 amide bonds. The number of carbonyl (C=O) groups excluding carboxylic acids is 1. The predicted octanol–water partition coefficient (Wildman–Crippen LogP) is 2.25. The summed E-state index contributed by atoms with van der Waals surface area (Å²) in [5, 5.41) is 3.09. The van der Waals surface area contributed by atoms with Crippen LogP contribution < -0.4 is 11.1 Å². The molecule has 3 nitrogen and oxygen atoms in total. The summed E-state index contributed by atoms with van der Waals surface area (Å²) in [5.41, 5.74) is 7.08. The number of nitrogens with one attached hydrogen (secondary N) is 1. The molecule has 0 atom stereocenters. The molecule has 0 bridgehead atoms. The van der Waals surface area contributed by atoms with E-state index in [1.165, 1.54) is 24.8 Å². The van der Waals surface area contributed by atoms with Crippen LogP contribution in [0.4, 0.5) is 0 Å². The maximum Gasteiger partial charge on any atom is 0.220 e. The summed E-state index contributed by atoms with van der Waals surface area (Å²) in [4.78, 5) is 11.7. The lowest BCUT2D eigenvalue weighted by atomic mass is 9.65. The van der Waals surface area contributed by atoms with Gasteiger partial charge in [-0.2, -0.15) is 0 Å². The van der Waals surface area contributed by atoms with E-state index < -0.39 is 0 Å². The summed E-state index contributed by atoms with van der Waals surface area (Å²) in [5.74, 6) is 0.143. The first-order valence-electron chi connectivity index (χ1n) is 7.25. The van der Waals surface area contributed by atoms with Crippen molar-refractivity contribution in [2.45, 2.75) is 38.5 Å². The first-order chi connectivity index (χ1) is 9.24. The predicted molar refractivity (Wildman–Crippen MR) is 77.7 cm³/mol. The van der Waals surface area contributed by atoms with Gasteiger partial charge in [-0.05, 0) is 43.2 Å². The molecule has 19 heavy (non-hydrogen) atoms. The highest BCUT2D eigenvalue weighted by molar-refractivity contribution is 5.75. The molecule has 1 aromatic carbocycles. The van der Waals surface area contributed by atoms with Crippen LogP contribution in [0.2, 0.25) is 0 Å². The van der Waals surface area contributed by atoms with Crippen LogP contribution in [-0.4, -0.2) is 19.0 Å². The molecule has 104 valence electrons. The van der Waals surface area contributed by atoms with Gasteiger partial charge >= 0.3 is 0 Å². The molecule has 1 aliphatic rings. The minimum Gasteiger partial charge on any atom is -0.356 e. The van der Waals surface area contributed by atoms with E-state index in [0.717, 1.165) is 19.4 Å². The zero-order valence-electron chi connectivity index (χ0n) is 11.5. The smallest absolute Gasteiger partial charge is 0.220 e. The van der Waals surface area contributed by atoms with E-state index in [-0.39, 0.29) is 5.91 Å². The minimum atomic E-state index is 0.143. The highest BCUT2D eigenvalue weighted by Crippen LogP contribution is 2.43. The first kappa shape index (κ1) is 14.1. The Morgan fingerprint density at radius 2 is 2.00 bits per heavy atom. The Kier molecular flexibility index (Phi) is 4.97. The van der Waals surface area contributed by atoms with Crippen LogP contribution in [0.15, 0.2) is 30.3 Å². The van der Waals surface area contributed by atoms with Gasteiger partial charge in [-0.3, -0.25) is 4.79 Å². The van der Waals surface area contributed by atoms with Crippen molar-refractivity contribution >= 4 is 5.91 Å². The van der Waals surface area contributed by atoms with Crippen molar-refractivity contribution in [2.75, 3.05) is 13.1 Å². The molecule has 2 rings (SSSR count). The lowest BCUT2D eigenvalue weighted by molar-refractivity contribution is -0.122. The second kappa shape index (κ2) is 6.71. The van der Waals surface area contributed by atoms with Gasteiger partial charge < -0.3 is 11.1 Å². The van der Waals surface area contributed by atoms with Crippen molar-refractivity contribution in [3.8, 4) is 0 Å². The molecule has 1 aliphatic carbocycles. The molecule has 0 aliphatic heterocycles. The topological polar surface area (TPSA) is 55.1 Å². The van der Waals surface area contributed by atoms with E-state index >= 15 is 0 Å². The van der Waals surface area contributed by atoms with E-state index in [9.17, 15) is 4.79 Å². The maximum atomic E-state index is 11.7. The highest BCUT2D eigenvalue weighted by Gasteiger charge is 2.37.